The quantitative estimate of drug-likeness (QED) is 0.597. The molecule has 35 heavy (non-hydrogen) atoms. The largest absolute Gasteiger partial charge is 0.355 e. The van der Waals surface area contributed by atoms with Crippen LogP contribution in [0.5, 0.6) is 0 Å². The number of nitrogens with one attached hydrogen (secondary N) is 1. The highest BCUT2D eigenvalue weighted by molar-refractivity contribution is 6.31. The van der Waals surface area contributed by atoms with Crippen molar-refractivity contribution in [1.82, 2.24) is 9.88 Å². The lowest BCUT2D eigenvalue weighted by atomic mass is 9.86. The molecule has 184 valence electrons. The fourth-order valence-corrected chi connectivity index (χ4v) is 5.39. The molecule has 1 amide bonds. The van der Waals surface area contributed by atoms with E-state index in [2.05, 4.69) is 33.2 Å². The number of anilines is 2. The first-order valence-electron chi connectivity index (χ1n) is 12.3. The molecule has 2 saturated heterocycles. The maximum atomic E-state index is 12.8. The Morgan fingerprint density at radius 1 is 1.14 bits per heavy atom. The number of carbonyl (C=O) groups excluding carboxylic acids is 2. The number of benzene rings is 1. The van der Waals surface area contributed by atoms with Crippen molar-refractivity contribution in [3.8, 4) is 6.07 Å². The topological polar surface area (TPSA) is 89.3 Å². The molecule has 0 saturated carbocycles. The van der Waals surface area contributed by atoms with Gasteiger partial charge in [-0.25, -0.2) is 4.98 Å². The molecule has 2 aliphatic heterocycles. The number of likely N-dealkylation sites (tertiary alicyclic amines) is 1. The molecular formula is C27H32ClN5O2. The highest BCUT2D eigenvalue weighted by Gasteiger charge is 2.26. The smallest absolute Gasteiger partial charge is 0.255 e. The monoisotopic (exact) mass is 493 g/mol. The van der Waals surface area contributed by atoms with Crippen LogP contribution in [0.3, 0.4) is 0 Å². The summed E-state index contributed by atoms with van der Waals surface area (Å²) in [5.74, 6) is 1.60. The third kappa shape index (κ3) is 6.81. The number of rotatable bonds is 7. The number of hydrogen-bond donors (Lipinski definition) is 1. The molecule has 0 bridgehead atoms. The molecule has 3 heterocycles. The van der Waals surface area contributed by atoms with Gasteiger partial charge in [-0.1, -0.05) is 17.7 Å². The minimum Gasteiger partial charge on any atom is -0.355 e. The van der Waals surface area contributed by atoms with Crippen LogP contribution in [0.4, 0.5) is 11.5 Å². The average Bonchev–Trinajstić information content (AvgIpc) is 2.84. The number of piperidine rings is 2. The van der Waals surface area contributed by atoms with E-state index in [1.165, 1.54) is 12.6 Å². The zero-order chi connectivity index (χ0) is 24.8. The van der Waals surface area contributed by atoms with Gasteiger partial charge in [-0.2, -0.15) is 5.26 Å². The number of halogens is 1. The number of ketones is 1. The number of aromatic nitrogens is 1. The molecule has 0 spiro atoms. The van der Waals surface area contributed by atoms with E-state index in [0.29, 0.717) is 58.1 Å². The Hall–Kier alpha value is -2.95. The molecule has 1 unspecified atom stereocenters. The van der Waals surface area contributed by atoms with E-state index in [9.17, 15) is 14.9 Å². The van der Waals surface area contributed by atoms with Crippen molar-refractivity contribution >= 4 is 34.8 Å². The summed E-state index contributed by atoms with van der Waals surface area (Å²) in [6, 6.07) is 10.5. The van der Waals surface area contributed by atoms with Crippen LogP contribution in [-0.4, -0.2) is 54.8 Å². The van der Waals surface area contributed by atoms with Crippen LogP contribution in [0.1, 0.15) is 54.4 Å². The summed E-state index contributed by atoms with van der Waals surface area (Å²) in [7, 11) is 2.13. The lowest BCUT2D eigenvalue weighted by molar-refractivity contribution is -0.121. The number of nitrogens with zero attached hydrogens (tertiary/aromatic N) is 4. The minimum atomic E-state index is -0.306. The van der Waals surface area contributed by atoms with Gasteiger partial charge in [0.15, 0.2) is 5.82 Å². The SMILES string of the molecule is CN1CCCC(CC(=O)CC2CCN(c3ncc(C#N)cc3NC(=O)c3cccc(Cl)c3)CC2)C1. The van der Waals surface area contributed by atoms with Gasteiger partial charge >= 0.3 is 0 Å². The number of amides is 1. The first-order valence-corrected chi connectivity index (χ1v) is 12.7. The zero-order valence-electron chi connectivity index (χ0n) is 20.2. The highest BCUT2D eigenvalue weighted by Crippen LogP contribution is 2.31. The molecule has 0 radical (unpaired) electrons. The molecule has 2 aromatic rings. The zero-order valence-corrected chi connectivity index (χ0v) is 20.9. The van der Waals surface area contributed by atoms with Crippen LogP contribution in [0.25, 0.3) is 0 Å². The number of pyridine rings is 1. The van der Waals surface area contributed by atoms with Gasteiger partial charge in [-0.05, 0) is 75.4 Å². The number of Topliss-reactive ketones (excluding diaryl/α,β-unsaturated/α-hetero) is 1. The van der Waals surface area contributed by atoms with Crippen LogP contribution in [0.15, 0.2) is 36.5 Å². The Morgan fingerprint density at radius 2 is 1.91 bits per heavy atom. The first kappa shape index (κ1) is 25.2. The van der Waals surface area contributed by atoms with Gasteiger partial charge in [-0.3, -0.25) is 9.59 Å². The van der Waals surface area contributed by atoms with Gasteiger partial charge in [0.1, 0.15) is 11.9 Å². The molecule has 0 aliphatic carbocycles. The van der Waals surface area contributed by atoms with E-state index >= 15 is 0 Å². The number of nitriles is 1. The lowest BCUT2D eigenvalue weighted by Gasteiger charge is -2.34. The normalized spacial score (nSPS) is 19.2. The predicted molar refractivity (Wildman–Crippen MR) is 138 cm³/mol. The van der Waals surface area contributed by atoms with Crippen LogP contribution in [0, 0.1) is 23.2 Å². The first-order chi connectivity index (χ1) is 16.9. The molecule has 1 aromatic carbocycles. The fraction of sp³-hybridized carbons (Fsp3) is 0.481. The summed E-state index contributed by atoms with van der Waals surface area (Å²) in [6.45, 7) is 3.67. The molecule has 1 aromatic heterocycles. The molecular weight excluding hydrogens is 462 g/mol. The summed E-state index contributed by atoms with van der Waals surface area (Å²) >= 11 is 6.03. The Kier molecular flexibility index (Phi) is 8.37. The molecule has 2 fully saturated rings. The Labute approximate surface area is 212 Å². The van der Waals surface area contributed by atoms with Crippen molar-refractivity contribution in [2.75, 3.05) is 43.4 Å². The minimum absolute atomic E-state index is 0.306. The summed E-state index contributed by atoms with van der Waals surface area (Å²) in [6.07, 6.45) is 7.01. The second kappa shape index (κ2) is 11.7. The van der Waals surface area contributed by atoms with E-state index in [0.717, 1.165) is 45.4 Å². The summed E-state index contributed by atoms with van der Waals surface area (Å²) < 4.78 is 0. The second-order valence-corrected chi connectivity index (χ2v) is 10.3. The van der Waals surface area contributed by atoms with Crippen molar-refractivity contribution in [3.63, 3.8) is 0 Å². The van der Waals surface area contributed by atoms with Crippen molar-refractivity contribution < 1.29 is 9.59 Å². The predicted octanol–water partition coefficient (Wildman–Crippen LogP) is 4.77. The van der Waals surface area contributed by atoms with Crippen LogP contribution in [0.2, 0.25) is 5.02 Å². The van der Waals surface area contributed by atoms with Crippen molar-refractivity contribution in [1.29, 1.82) is 5.26 Å². The summed E-state index contributed by atoms with van der Waals surface area (Å²) in [5, 5.41) is 12.7. The fourth-order valence-electron chi connectivity index (χ4n) is 5.20. The second-order valence-electron chi connectivity index (χ2n) is 9.82. The Morgan fingerprint density at radius 3 is 2.63 bits per heavy atom. The van der Waals surface area contributed by atoms with Crippen molar-refractivity contribution in [2.24, 2.45) is 11.8 Å². The molecule has 2 aliphatic rings. The van der Waals surface area contributed by atoms with Crippen LogP contribution < -0.4 is 10.2 Å². The Balaban J connectivity index is 1.37. The van der Waals surface area contributed by atoms with Crippen molar-refractivity contribution in [2.45, 2.75) is 38.5 Å². The molecule has 4 rings (SSSR count). The van der Waals surface area contributed by atoms with Crippen LogP contribution in [-0.2, 0) is 4.79 Å². The van der Waals surface area contributed by atoms with E-state index in [1.807, 2.05) is 0 Å². The van der Waals surface area contributed by atoms with Gasteiger partial charge in [0.25, 0.3) is 5.91 Å². The van der Waals surface area contributed by atoms with Crippen LogP contribution >= 0.6 is 11.6 Å². The lowest BCUT2D eigenvalue weighted by Crippen LogP contribution is -2.36. The summed E-state index contributed by atoms with van der Waals surface area (Å²) in [4.78, 5) is 34.5. The summed E-state index contributed by atoms with van der Waals surface area (Å²) in [5.41, 5.74) is 1.32. The number of hydrogen-bond acceptors (Lipinski definition) is 6. The maximum Gasteiger partial charge on any atom is 0.255 e. The van der Waals surface area contributed by atoms with E-state index < -0.39 is 0 Å². The van der Waals surface area contributed by atoms with Gasteiger partial charge in [-0.15, -0.1) is 0 Å². The van der Waals surface area contributed by atoms with Gasteiger partial charge < -0.3 is 15.1 Å². The van der Waals surface area contributed by atoms with Gasteiger partial charge in [0.2, 0.25) is 0 Å². The van der Waals surface area contributed by atoms with E-state index in [-0.39, 0.29) is 5.91 Å². The third-order valence-electron chi connectivity index (χ3n) is 7.00. The highest BCUT2D eigenvalue weighted by atomic mass is 35.5. The molecule has 1 atom stereocenters. The Bertz CT molecular complexity index is 1110. The van der Waals surface area contributed by atoms with Gasteiger partial charge in [0, 0.05) is 49.3 Å². The third-order valence-corrected chi connectivity index (χ3v) is 7.23. The van der Waals surface area contributed by atoms with Gasteiger partial charge in [0.05, 0.1) is 11.3 Å². The molecule has 8 heteroatoms. The molecule has 1 N–H and O–H groups in total. The van der Waals surface area contributed by atoms with Crippen molar-refractivity contribution in [3.05, 3.63) is 52.7 Å². The molecule has 7 nitrogen and oxygen atoms in total. The number of carbonyl (C=O) groups is 2. The maximum absolute atomic E-state index is 12.8. The van der Waals surface area contributed by atoms with E-state index in [4.69, 9.17) is 11.6 Å². The standard InChI is InChI=1S/C27H32ClN5O2/c1-32-9-3-4-20(18-32)13-24(34)12-19-7-10-33(11-8-19)26-25(14-21(16-29)17-30-26)31-27(35)22-5-2-6-23(28)15-22/h2,5-6,14-15,17,19-20H,3-4,7-13,18H2,1H3,(H,31,35). The average molecular weight is 494 g/mol. The van der Waals surface area contributed by atoms with E-state index in [1.54, 1.807) is 30.3 Å².